The molecule has 4 rings (SSSR count). The van der Waals surface area contributed by atoms with Gasteiger partial charge < -0.3 is 5.32 Å². The number of anilines is 1. The van der Waals surface area contributed by atoms with Crippen molar-refractivity contribution >= 4 is 38.3 Å². The van der Waals surface area contributed by atoms with Crippen LogP contribution in [0.4, 0.5) is 13.9 Å². The first-order valence-electron chi connectivity index (χ1n) is 10.3. The van der Waals surface area contributed by atoms with E-state index in [1.165, 1.54) is 24.3 Å². The molecule has 0 radical (unpaired) electrons. The van der Waals surface area contributed by atoms with Crippen molar-refractivity contribution in [3.05, 3.63) is 59.0 Å². The van der Waals surface area contributed by atoms with Gasteiger partial charge in [-0.2, -0.15) is 0 Å². The maximum absolute atomic E-state index is 13.8. The maximum Gasteiger partial charge on any atom is 0.243 e. The Bertz CT molecular complexity index is 1200. The Balaban J connectivity index is 1.24. The van der Waals surface area contributed by atoms with Gasteiger partial charge in [-0.1, -0.05) is 18.6 Å². The van der Waals surface area contributed by atoms with Crippen LogP contribution in [0.5, 0.6) is 0 Å². The lowest BCUT2D eigenvalue weighted by Gasteiger charge is -2.08. The predicted molar refractivity (Wildman–Crippen MR) is 126 cm³/mol. The number of unbranched alkanes of at least 4 members (excludes halogenated alkanes) is 2. The normalized spacial score (nSPS) is 13.3. The number of sulfonamides is 1. The summed E-state index contributed by atoms with van der Waals surface area (Å²) >= 11 is 3.33. The molecule has 32 heavy (non-hydrogen) atoms. The monoisotopic (exact) mass is 495 g/mol. The molecule has 2 aromatic carbocycles. The van der Waals surface area contributed by atoms with E-state index in [0.29, 0.717) is 13.0 Å². The van der Waals surface area contributed by atoms with E-state index in [0.717, 1.165) is 57.2 Å². The molecule has 0 atom stereocenters. The molecule has 0 bridgehead atoms. The topological polar surface area (TPSA) is 71.1 Å². The van der Waals surface area contributed by atoms with Crippen molar-refractivity contribution in [2.24, 2.45) is 0 Å². The number of benzene rings is 2. The Labute approximate surface area is 194 Å². The van der Waals surface area contributed by atoms with Gasteiger partial charge in [-0.05, 0) is 49.6 Å². The number of nitrogens with one attached hydrogen (secondary N) is 2. The smallest absolute Gasteiger partial charge is 0.243 e. The fourth-order valence-electron chi connectivity index (χ4n) is 3.44. The molecule has 3 aromatic rings. The standard InChI is InChI=1S/C22H23F2N3O2S3/c23-15-8-9-18-16(14-15)21-19(10-13-30-18)31-22(27-21)25-11-4-1-5-12-26-32(28,29)20-7-3-2-6-17(20)24/h2-3,6-9,14,26H,1,4-5,10-13H2,(H,25,27). The molecule has 0 spiro atoms. The van der Waals surface area contributed by atoms with Gasteiger partial charge in [0, 0.05) is 34.2 Å². The molecule has 2 heterocycles. The lowest BCUT2D eigenvalue weighted by Crippen LogP contribution is -2.25. The van der Waals surface area contributed by atoms with Crippen LogP contribution in [0.2, 0.25) is 0 Å². The summed E-state index contributed by atoms with van der Waals surface area (Å²) in [6.45, 7) is 0.958. The first kappa shape index (κ1) is 23.2. The van der Waals surface area contributed by atoms with Crippen molar-refractivity contribution < 1.29 is 17.2 Å². The minimum absolute atomic E-state index is 0.252. The van der Waals surface area contributed by atoms with Crippen molar-refractivity contribution in [1.82, 2.24) is 9.71 Å². The fraction of sp³-hybridized carbons (Fsp3) is 0.318. The summed E-state index contributed by atoms with van der Waals surface area (Å²) in [4.78, 5) is 6.59. The van der Waals surface area contributed by atoms with Crippen LogP contribution in [0, 0.1) is 11.6 Å². The molecule has 5 nitrogen and oxygen atoms in total. The molecule has 0 aliphatic carbocycles. The Morgan fingerprint density at radius 2 is 1.84 bits per heavy atom. The van der Waals surface area contributed by atoms with Crippen LogP contribution in [0.3, 0.4) is 0 Å². The van der Waals surface area contributed by atoms with Crippen molar-refractivity contribution in [2.45, 2.75) is 35.5 Å². The lowest BCUT2D eigenvalue weighted by atomic mass is 10.1. The third-order valence-electron chi connectivity index (χ3n) is 5.03. The molecule has 1 aliphatic rings. The van der Waals surface area contributed by atoms with Crippen LogP contribution < -0.4 is 10.0 Å². The second-order valence-electron chi connectivity index (χ2n) is 7.35. The average Bonchev–Trinajstić information content (AvgIpc) is 3.09. The summed E-state index contributed by atoms with van der Waals surface area (Å²) < 4.78 is 54.2. The van der Waals surface area contributed by atoms with Gasteiger partial charge in [0.05, 0.1) is 5.69 Å². The van der Waals surface area contributed by atoms with Crippen LogP contribution in [0.1, 0.15) is 24.1 Å². The third kappa shape index (κ3) is 5.48. The second-order valence-corrected chi connectivity index (χ2v) is 11.3. The number of hydrogen-bond donors (Lipinski definition) is 2. The fourth-order valence-corrected chi connectivity index (χ4v) is 6.73. The molecule has 170 valence electrons. The van der Waals surface area contributed by atoms with E-state index in [1.807, 2.05) is 6.07 Å². The summed E-state index contributed by atoms with van der Waals surface area (Å²) in [5.74, 6) is -0.0730. The van der Waals surface area contributed by atoms with Crippen LogP contribution in [-0.4, -0.2) is 32.2 Å². The van der Waals surface area contributed by atoms with E-state index in [4.69, 9.17) is 4.98 Å². The zero-order valence-corrected chi connectivity index (χ0v) is 19.7. The van der Waals surface area contributed by atoms with Crippen molar-refractivity contribution in [1.29, 1.82) is 0 Å². The van der Waals surface area contributed by atoms with E-state index in [9.17, 15) is 17.2 Å². The minimum atomic E-state index is -3.84. The first-order chi connectivity index (χ1) is 15.4. The number of halogens is 2. The van der Waals surface area contributed by atoms with Crippen LogP contribution >= 0.6 is 23.1 Å². The molecule has 10 heteroatoms. The lowest BCUT2D eigenvalue weighted by molar-refractivity contribution is 0.553. The van der Waals surface area contributed by atoms with Gasteiger partial charge >= 0.3 is 0 Å². The van der Waals surface area contributed by atoms with Gasteiger partial charge in [0.1, 0.15) is 16.5 Å². The van der Waals surface area contributed by atoms with E-state index >= 15 is 0 Å². The molecule has 0 saturated carbocycles. The highest BCUT2D eigenvalue weighted by Crippen LogP contribution is 2.41. The molecule has 1 aromatic heterocycles. The number of hydrogen-bond acceptors (Lipinski definition) is 6. The predicted octanol–water partition coefficient (Wildman–Crippen LogP) is 5.30. The SMILES string of the molecule is O=S(=O)(NCCCCCNc1nc2c(s1)CCSc1ccc(F)cc1-2)c1ccccc1F. The van der Waals surface area contributed by atoms with Gasteiger partial charge in [-0.3, -0.25) is 0 Å². The number of fused-ring (bicyclic) bond motifs is 3. The van der Waals surface area contributed by atoms with Crippen molar-refractivity contribution in [3.63, 3.8) is 0 Å². The summed E-state index contributed by atoms with van der Waals surface area (Å²) in [7, 11) is -3.84. The zero-order chi connectivity index (χ0) is 22.6. The number of thioether (sulfide) groups is 1. The number of rotatable bonds is 9. The van der Waals surface area contributed by atoms with Gasteiger partial charge in [0.2, 0.25) is 10.0 Å². The van der Waals surface area contributed by atoms with E-state index < -0.39 is 15.8 Å². The van der Waals surface area contributed by atoms with Gasteiger partial charge in [0.25, 0.3) is 0 Å². The Morgan fingerprint density at radius 1 is 1.03 bits per heavy atom. The number of nitrogens with zero attached hydrogens (tertiary/aromatic N) is 1. The molecular formula is C22H23F2N3O2S3. The Morgan fingerprint density at radius 3 is 2.69 bits per heavy atom. The van der Waals surface area contributed by atoms with E-state index in [-0.39, 0.29) is 17.3 Å². The van der Waals surface area contributed by atoms with Gasteiger partial charge in [-0.25, -0.2) is 26.9 Å². The van der Waals surface area contributed by atoms with Gasteiger partial charge in [0.15, 0.2) is 5.13 Å². The van der Waals surface area contributed by atoms with E-state index in [1.54, 1.807) is 29.2 Å². The highest BCUT2D eigenvalue weighted by molar-refractivity contribution is 7.99. The van der Waals surface area contributed by atoms with Crippen LogP contribution in [-0.2, 0) is 16.4 Å². The van der Waals surface area contributed by atoms with Crippen LogP contribution in [0.15, 0.2) is 52.3 Å². The number of aromatic nitrogens is 1. The molecule has 0 unspecified atom stereocenters. The Hall–Kier alpha value is -2.01. The minimum Gasteiger partial charge on any atom is -0.361 e. The summed E-state index contributed by atoms with van der Waals surface area (Å²) in [6, 6.07) is 10.2. The highest BCUT2D eigenvalue weighted by atomic mass is 32.2. The summed E-state index contributed by atoms with van der Waals surface area (Å²) in [6.07, 6.45) is 3.20. The zero-order valence-electron chi connectivity index (χ0n) is 17.2. The quantitative estimate of drug-likeness (QED) is 0.395. The molecule has 0 fully saturated rings. The number of thiazole rings is 1. The summed E-state index contributed by atoms with van der Waals surface area (Å²) in [5, 5.41) is 4.14. The highest BCUT2D eigenvalue weighted by Gasteiger charge is 2.20. The van der Waals surface area contributed by atoms with Crippen molar-refractivity contribution in [2.75, 3.05) is 24.2 Å². The van der Waals surface area contributed by atoms with Crippen LogP contribution in [0.25, 0.3) is 11.3 Å². The summed E-state index contributed by atoms with van der Waals surface area (Å²) in [5.41, 5.74) is 1.72. The molecule has 0 amide bonds. The Kier molecular flexibility index (Phi) is 7.44. The maximum atomic E-state index is 13.8. The average molecular weight is 496 g/mol. The first-order valence-corrected chi connectivity index (χ1v) is 13.6. The molecule has 1 aliphatic heterocycles. The van der Waals surface area contributed by atoms with Gasteiger partial charge in [-0.15, -0.1) is 23.1 Å². The van der Waals surface area contributed by atoms with Crippen molar-refractivity contribution in [3.8, 4) is 11.3 Å². The molecular weight excluding hydrogens is 472 g/mol. The molecule has 0 saturated heterocycles. The third-order valence-corrected chi connectivity index (χ3v) is 8.67. The second kappa shape index (κ2) is 10.3. The van der Waals surface area contributed by atoms with E-state index in [2.05, 4.69) is 10.0 Å². The number of aryl methyl sites for hydroxylation is 1. The largest absolute Gasteiger partial charge is 0.361 e. The molecule has 2 N–H and O–H groups in total.